The number of rotatable bonds is 4. The highest BCUT2D eigenvalue weighted by atomic mass is 79.9. The van der Waals surface area contributed by atoms with Crippen LogP contribution in [0.3, 0.4) is 0 Å². The summed E-state index contributed by atoms with van der Waals surface area (Å²) in [5, 5.41) is 19.3. The number of aryl methyl sites for hydroxylation is 1. The number of nitrogen functional groups attached to an aromatic ring is 1. The van der Waals surface area contributed by atoms with Crippen LogP contribution in [0.1, 0.15) is 25.1 Å². The first-order valence-corrected chi connectivity index (χ1v) is 7.37. The van der Waals surface area contributed by atoms with Crippen LogP contribution in [0.15, 0.2) is 11.0 Å². The second-order valence-electron chi connectivity index (χ2n) is 4.77. The number of ether oxygens (including phenoxy) is 1. The number of aliphatic hydroxyl groups excluding tert-OH is 2. The van der Waals surface area contributed by atoms with Gasteiger partial charge in [0.15, 0.2) is 6.23 Å². The van der Waals surface area contributed by atoms with Crippen LogP contribution in [0, 0.1) is 0 Å². The molecule has 1 aromatic rings. The molecule has 2 rings (SSSR count). The monoisotopic (exact) mass is 347 g/mol. The molecule has 20 heavy (non-hydrogen) atoms. The topological polar surface area (TPSA) is 111 Å². The Hall–Kier alpha value is -0.960. The first-order valence-electron chi connectivity index (χ1n) is 6.45. The minimum absolute atomic E-state index is 0.203. The molecule has 4 atom stereocenters. The lowest BCUT2D eigenvalue weighted by atomic mass is 10.1. The van der Waals surface area contributed by atoms with Crippen molar-refractivity contribution in [2.24, 2.45) is 0 Å². The van der Waals surface area contributed by atoms with E-state index in [2.05, 4.69) is 20.9 Å². The van der Waals surface area contributed by atoms with E-state index in [1.165, 1.54) is 4.57 Å². The Balaban J connectivity index is 2.38. The first kappa shape index (κ1) is 15.4. The smallest absolute Gasteiger partial charge is 0.351 e. The van der Waals surface area contributed by atoms with Gasteiger partial charge in [0.05, 0.1) is 17.5 Å². The second kappa shape index (κ2) is 6.21. The maximum atomic E-state index is 11.9. The summed E-state index contributed by atoms with van der Waals surface area (Å²) in [5.41, 5.74) is 5.87. The van der Waals surface area contributed by atoms with Crippen LogP contribution in [0.5, 0.6) is 0 Å². The Labute approximate surface area is 124 Å². The van der Waals surface area contributed by atoms with Gasteiger partial charge in [-0.2, -0.15) is 4.98 Å². The fraction of sp³-hybridized carbons (Fsp3) is 0.667. The third kappa shape index (κ3) is 2.73. The Kier molecular flexibility index (Phi) is 4.79. The molecule has 112 valence electrons. The van der Waals surface area contributed by atoms with E-state index in [1.54, 1.807) is 6.20 Å². The summed E-state index contributed by atoms with van der Waals surface area (Å²) in [7, 11) is 0. The standard InChI is InChI=1S/C12H18BrN3O4/c1-2-3-6-4-16(12(19)15-10(6)14)11-9(18)8(13)7(5-17)20-11/h4,7-9,11,17-18H,2-3,5H2,1H3,(H2,14,15,19)/t7-,8+,9-,11-/m1/s1. The molecule has 7 nitrogen and oxygen atoms in total. The summed E-state index contributed by atoms with van der Waals surface area (Å²) >= 11 is 3.26. The van der Waals surface area contributed by atoms with E-state index in [0.717, 1.165) is 12.0 Å². The molecule has 0 spiro atoms. The number of aromatic nitrogens is 2. The normalized spacial score (nSPS) is 29.8. The lowest BCUT2D eigenvalue weighted by Gasteiger charge is -2.18. The molecule has 0 bridgehead atoms. The highest BCUT2D eigenvalue weighted by Crippen LogP contribution is 2.33. The molecule has 0 saturated carbocycles. The van der Waals surface area contributed by atoms with Crippen LogP contribution in [0.2, 0.25) is 0 Å². The van der Waals surface area contributed by atoms with Gasteiger partial charge in [0, 0.05) is 11.8 Å². The van der Waals surface area contributed by atoms with Gasteiger partial charge in [0.2, 0.25) is 0 Å². The third-order valence-electron chi connectivity index (χ3n) is 3.32. The molecule has 0 unspecified atom stereocenters. The van der Waals surface area contributed by atoms with Crippen molar-refractivity contribution in [2.45, 2.75) is 43.0 Å². The molecule has 8 heteroatoms. The summed E-state index contributed by atoms with van der Waals surface area (Å²) in [4.78, 5) is 15.2. The van der Waals surface area contributed by atoms with Crippen LogP contribution < -0.4 is 11.4 Å². The first-order chi connectivity index (χ1) is 9.49. The molecular formula is C12H18BrN3O4. The van der Waals surface area contributed by atoms with Crippen molar-refractivity contribution in [1.82, 2.24) is 9.55 Å². The van der Waals surface area contributed by atoms with Gasteiger partial charge in [-0.3, -0.25) is 4.57 Å². The average molecular weight is 348 g/mol. The van der Waals surface area contributed by atoms with Crippen LogP contribution in [-0.2, 0) is 11.2 Å². The third-order valence-corrected chi connectivity index (χ3v) is 4.45. The van der Waals surface area contributed by atoms with Gasteiger partial charge in [-0.1, -0.05) is 29.3 Å². The zero-order valence-corrected chi connectivity index (χ0v) is 12.7. The minimum atomic E-state index is -0.954. The van der Waals surface area contributed by atoms with Crippen LogP contribution in [0.25, 0.3) is 0 Å². The fourth-order valence-corrected chi connectivity index (χ4v) is 2.80. The zero-order chi connectivity index (χ0) is 14.9. The van der Waals surface area contributed by atoms with E-state index in [1.807, 2.05) is 6.92 Å². The maximum absolute atomic E-state index is 11.9. The molecular weight excluding hydrogens is 330 g/mol. The number of nitrogens with zero attached hydrogens (tertiary/aromatic N) is 2. The van der Waals surface area contributed by atoms with Crippen LogP contribution >= 0.6 is 15.9 Å². The lowest BCUT2D eigenvalue weighted by molar-refractivity contribution is -0.0530. The Morgan fingerprint density at radius 1 is 1.60 bits per heavy atom. The number of hydrogen-bond acceptors (Lipinski definition) is 6. The van der Waals surface area contributed by atoms with E-state index in [-0.39, 0.29) is 12.4 Å². The number of nitrogens with two attached hydrogens (primary N) is 1. The van der Waals surface area contributed by atoms with E-state index in [4.69, 9.17) is 10.5 Å². The van der Waals surface area contributed by atoms with Gasteiger partial charge in [-0.05, 0) is 6.42 Å². The SMILES string of the molecule is CCCc1cn([C@@H]2O[C@H](CO)[C@H](Br)[C@H]2O)c(=O)nc1N. The Morgan fingerprint density at radius 2 is 2.30 bits per heavy atom. The van der Waals surface area contributed by atoms with E-state index in [9.17, 15) is 15.0 Å². The molecule has 1 saturated heterocycles. The van der Waals surface area contributed by atoms with Gasteiger partial charge >= 0.3 is 5.69 Å². The quantitative estimate of drug-likeness (QED) is 0.650. The number of anilines is 1. The summed E-state index contributed by atoms with van der Waals surface area (Å²) < 4.78 is 6.74. The molecule has 4 N–H and O–H groups in total. The Morgan fingerprint density at radius 3 is 2.85 bits per heavy atom. The van der Waals surface area contributed by atoms with Crippen LogP contribution in [0.4, 0.5) is 5.82 Å². The summed E-state index contributed by atoms with van der Waals surface area (Å²) in [5.74, 6) is 0.203. The van der Waals surface area contributed by atoms with Crippen LogP contribution in [-0.4, -0.2) is 43.4 Å². The van der Waals surface area contributed by atoms with E-state index < -0.39 is 29.0 Å². The van der Waals surface area contributed by atoms with Gasteiger partial charge in [0.1, 0.15) is 11.9 Å². The molecule has 2 heterocycles. The van der Waals surface area contributed by atoms with E-state index in [0.29, 0.717) is 6.42 Å². The van der Waals surface area contributed by atoms with Crippen molar-refractivity contribution < 1.29 is 14.9 Å². The van der Waals surface area contributed by atoms with E-state index >= 15 is 0 Å². The van der Waals surface area contributed by atoms with Crippen molar-refractivity contribution >= 4 is 21.7 Å². The van der Waals surface area contributed by atoms with Crippen molar-refractivity contribution in [1.29, 1.82) is 0 Å². The number of alkyl halides is 1. The van der Waals surface area contributed by atoms with Gasteiger partial charge in [0.25, 0.3) is 0 Å². The van der Waals surface area contributed by atoms with Gasteiger partial charge in [-0.15, -0.1) is 0 Å². The molecule has 1 fully saturated rings. The number of aliphatic hydroxyl groups is 2. The maximum Gasteiger partial charge on any atom is 0.351 e. The molecule has 0 amide bonds. The van der Waals surface area contributed by atoms with Gasteiger partial charge in [-0.25, -0.2) is 4.79 Å². The predicted octanol–water partition coefficient (Wildman–Crippen LogP) is -0.208. The van der Waals surface area contributed by atoms with Crippen molar-refractivity contribution in [2.75, 3.05) is 12.3 Å². The summed E-state index contributed by atoms with van der Waals surface area (Å²) in [6, 6.07) is 0. The lowest BCUT2D eigenvalue weighted by Crippen LogP contribution is -2.34. The average Bonchev–Trinajstić information content (AvgIpc) is 2.70. The summed E-state index contributed by atoms with van der Waals surface area (Å²) in [6.07, 6.45) is 0.704. The molecule has 1 aliphatic heterocycles. The van der Waals surface area contributed by atoms with Crippen molar-refractivity contribution in [3.05, 3.63) is 22.2 Å². The van der Waals surface area contributed by atoms with Crippen molar-refractivity contribution in [3.8, 4) is 0 Å². The predicted molar refractivity (Wildman–Crippen MR) is 76.6 cm³/mol. The molecule has 0 aliphatic carbocycles. The zero-order valence-electron chi connectivity index (χ0n) is 11.1. The molecule has 0 aromatic carbocycles. The largest absolute Gasteiger partial charge is 0.394 e. The molecule has 1 aliphatic rings. The summed E-state index contributed by atoms with van der Waals surface area (Å²) in [6.45, 7) is 1.74. The fourth-order valence-electron chi connectivity index (χ4n) is 2.25. The number of halogens is 1. The Bertz CT molecular complexity index is 536. The molecule has 0 radical (unpaired) electrons. The number of hydrogen-bond donors (Lipinski definition) is 3. The molecule has 1 aromatic heterocycles. The second-order valence-corrected chi connectivity index (χ2v) is 5.83. The van der Waals surface area contributed by atoms with Crippen molar-refractivity contribution in [3.63, 3.8) is 0 Å². The minimum Gasteiger partial charge on any atom is -0.394 e. The highest BCUT2D eigenvalue weighted by molar-refractivity contribution is 9.09. The van der Waals surface area contributed by atoms with Gasteiger partial charge < -0.3 is 20.7 Å². The highest BCUT2D eigenvalue weighted by Gasteiger charge is 2.43.